The minimum absolute atomic E-state index is 0.0255. The lowest BCUT2D eigenvalue weighted by atomic mass is 10.1. The fraction of sp³-hybridized carbons (Fsp3) is 0.500. The quantitative estimate of drug-likeness (QED) is 0.882. The van der Waals surface area contributed by atoms with Gasteiger partial charge in [0.15, 0.2) is 17.3 Å². The van der Waals surface area contributed by atoms with Crippen LogP contribution in [-0.2, 0) is 0 Å². The second kappa shape index (κ2) is 5.31. The van der Waals surface area contributed by atoms with Gasteiger partial charge in [0, 0.05) is 6.54 Å². The molecule has 2 rings (SSSR count). The summed E-state index contributed by atoms with van der Waals surface area (Å²) in [6.07, 6.45) is 1.88. The molecular weight excluding hydrogens is 228 g/mol. The van der Waals surface area contributed by atoms with Crippen LogP contribution in [0.3, 0.4) is 0 Å². The van der Waals surface area contributed by atoms with E-state index in [1.54, 1.807) is 0 Å². The molecule has 1 saturated heterocycles. The second-order valence-electron chi connectivity index (χ2n) is 3.98. The third-order valence-corrected chi connectivity index (χ3v) is 2.76. The monoisotopic (exact) mass is 243 g/mol. The fourth-order valence-electron chi connectivity index (χ4n) is 1.90. The van der Waals surface area contributed by atoms with Gasteiger partial charge in [-0.2, -0.15) is 4.39 Å². The maximum Gasteiger partial charge on any atom is 0.204 e. The van der Waals surface area contributed by atoms with Crippen molar-refractivity contribution in [1.29, 1.82) is 0 Å². The predicted molar refractivity (Wildman–Crippen MR) is 59.4 cm³/mol. The number of ether oxygens (including phenoxy) is 2. The van der Waals surface area contributed by atoms with Crippen LogP contribution in [0.25, 0.3) is 0 Å². The number of hydrogen-bond donors (Lipinski definition) is 1. The SMILES string of the molecule is COc1c(OC2CCCNC2)ccc(F)c1F. The van der Waals surface area contributed by atoms with Gasteiger partial charge in [-0.3, -0.25) is 0 Å². The van der Waals surface area contributed by atoms with Crippen LogP contribution in [-0.4, -0.2) is 26.3 Å². The van der Waals surface area contributed by atoms with Gasteiger partial charge in [-0.15, -0.1) is 0 Å². The zero-order valence-electron chi connectivity index (χ0n) is 9.63. The highest BCUT2D eigenvalue weighted by atomic mass is 19.2. The van der Waals surface area contributed by atoms with Gasteiger partial charge in [-0.1, -0.05) is 0 Å². The predicted octanol–water partition coefficient (Wildman–Crippen LogP) is 2.10. The van der Waals surface area contributed by atoms with Crippen molar-refractivity contribution in [3.63, 3.8) is 0 Å². The van der Waals surface area contributed by atoms with Crippen molar-refractivity contribution in [2.75, 3.05) is 20.2 Å². The van der Waals surface area contributed by atoms with E-state index in [0.717, 1.165) is 25.5 Å². The Morgan fingerprint density at radius 3 is 2.82 bits per heavy atom. The van der Waals surface area contributed by atoms with Gasteiger partial charge < -0.3 is 14.8 Å². The van der Waals surface area contributed by atoms with Crippen molar-refractivity contribution in [3.05, 3.63) is 23.8 Å². The highest BCUT2D eigenvalue weighted by Crippen LogP contribution is 2.32. The van der Waals surface area contributed by atoms with Gasteiger partial charge in [0.1, 0.15) is 6.10 Å². The van der Waals surface area contributed by atoms with Crippen molar-refractivity contribution in [1.82, 2.24) is 5.32 Å². The summed E-state index contributed by atoms with van der Waals surface area (Å²) in [4.78, 5) is 0. The first-order valence-electron chi connectivity index (χ1n) is 5.61. The Morgan fingerprint density at radius 2 is 2.18 bits per heavy atom. The highest BCUT2D eigenvalue weighted by Gasteiger charge is 2.20. The molecular formula is C12H15F2NO2. The molecule has 1 aliphatic heterocycles. The van der Waals surface area contributed by atoms with Crippen LogP contribution < -0.4 is 14.8 Å². The minimum atomic E-state index is -1.01. The van der Waals surface area contributed by atoms with E-state index >= 15 is 0 Å². The largest absolute Gasteiger partial charge is 0.490 e. The lowest BCUT2D eigenvalue weighted by Crippen LogP contribution is -2.37. The Balaban J connectivity index is 2.17. The number of rotatable bonds is 3. The topological polar surface area (TPSA) is 30.5 Å². The molecule has 0 aliphatic carbocycles. The number of nitrogens with one attached hydrogen (secondary N) is 1. The van der Waals surface area contributed by atoms with Gasteiger partial charge in [0.25, 0.3) is 0 Å². The molecule has 3 nitrogen and oxygen atoms in total. The van der Waals surface area contributed by atoms with Crippen LogP contribution in [0.2, 0.25) is 0 Å². The van der Waals surface area contributed by atoms with E-state index in [1.807, 2.05) is 0 Å². The Hall–Kier alpha value is -1.36. The van der Waals surface area contributed by atoms with Crippen LogP contribution >= 0.6 is 0 Å². The molecule has 5 heteroatoms. The minimum Gasteiger partial charge on any atom is -0.490 e. The zero-order valence-corrected chi connectivity index (χ0v) is 9.63. The summed E-state index contributed by atoms with van der Waals surface area (Å²) in [6, 6.07) is 2.44. The Morgan fingerprint density at radius 1 is 1.35 bits per heavy atom. The van der Waals surface area contributed by atoms with Crippen LogP contribution in [0, 0.1) is 11.6 Å². The Labute approximate surface area is 98.7 Å². The van der Waals surface area contributed by atoms with Gasteiger partial charge in [-0.05, 0) is 31.5 Å². The molecule has 17 heavy (non-hydrogen) atoms. The van der Waals surface area contributed by atoms with Crippen molar-refractivity contribution >= 4 is 0 Å². The van der Waals surface area contributed by atoms with Crippen molar-refractivity contribution in [2.45, 2.75) is 18.9 Å². The van der Waals surface area contributed by atoms with E-state index in [9.17, 15) is 8.78 Å². The molecule has 0 amide bonds. The smallest absolute Gasteiger partial charge is 0.204 e. The summed E-state index contributed by atoms with van der Waals surface area (Å²) in [5, 5.41) is 3.18. The van der Waals surface area contributed by atoms with Crippen LogP contribution in [0.1, 0.15) is 12.8 Å². The number of benzene rings is 1. The van der Waals surface area contributed by atoms with E-state index < -0.39 is 11.6 Å². The number of hydrogen-bond acceptors (Lipinski definition) is 3. The number of piperidine rings is 1. The van der Waals surface area contributed by atoms with Crippen LogP contribution in [0.5, 0.6) is 11.5 Å². The molecule has 0 bridgehead atoms. The normalized spacial score (nSPS) is 20.1. The molecule has 0 radical (unpaired) electrons. The molecule has 1 unspecified atom stereocenters. The summed E-state index contributed by atoms with van der Waals surface area (Å²) in [6.45, 7) is 1.68. The standard InChI is InChI=1S/C12H15F2NO2/c1-16-12-10(5-4-9(13)11(12)14)17-8-3-2-6-15-7-8/h4-5,8,15H,2-3,6-7H2,1H3. The molecule has 94 valence electrons. The van der Waals surface area contributed by atoms with Crippen molar-refractivity contribution in [3.8, 4) is 11.5 Å². The van der Waals surface area contributed by atoms with E-state index in [0.29, 0.717) is 6.54 Å². The second-order valence-corrected chi connectivity index (χ2v) is 3.98. The average Bonchev–Trinajstić information content (AvgIpc) is 2.36. The van der Waals surface area contributed by atoms with E-state index in [2.05, 4.69) is 5.32 Å². The first kappa shape index (κ1) is 12.1. The molecule has 1 aliphatic rings. The Bertz CT molecular complexity index is 392. The van der Waals surface area contributed by atoms with Crippen LogP contribution in [0.15, 0.2) is 12.1 Å². The lowest BCUT2D eigenvalue weighted by Gasteiger charge is -2.24. The fourth-order valence-corrected chi connectivity index (χ4v) is 1.90. The summed E-state index contributed by atoms with van der Waals surface area (Å²) in [5.41, 5.74) is 0. The van der Waals surface area contributed by atoms with Crippen molar-refractivity contribution in [2.24, 2.45) is 0 Å². The summed E-state index contributed by atoms with van der Waals surface area (Å²) in [7, 11) is 1.30. The lowest BCUT2D eigenvalue weighted by molar-refractivity contribution is 0.159. The number of methoxy groups -OCH3 is 1. The average molecular weight is 243 g/mol. The zero-order chi connectivity index (χ0) is 12.3. The molecule has 1 aromatic carbocycles. The number of halogens is 2. The molecule has 0 aromatic heterocycles. The molecule has 0 saturated carbocycles. The highest BCUT2D eigenvalue weighted by molar-refractivity contribution is 5.41. The van der Waals surface area contributed by atoms with E-state index in [-0.39, 0.29) is 17.6 Å². The van der Waals surface area contributed by atoms with Crippen LogP contribution in [0.4, 0.5) is 8.78 Å². The van der Waals surface area contributed by atoms with E-state index in [1.165, 1.54) is 13.2 Å². The molecule has 1 fully saturated rings. The van der Waals surface area contributed by atoms with Gasteiger partial charge in [-0.25, -0.2) is 4.39 Å². The molecule has 1 aromatic rings. The molecule has 1 atom stereocenters. The van der Waals surface area contributed by atoms with Gasteiger partial charge >= 0.3 is 0 Å². The first-order chi connectivity index (χ1) is 8.22. The summed E-state index contributed by atoms with van der Waals surface area (Å²) in [5.74, 6) is -1.86. The van der Waals surface area contributed by atoms with Gasteiger partial charge in [0.2, 0.25) is 5.82 Å². The maximum absolute atomic E-state index is 13.4. The first-order valence-corrected chi connectivity index (χ1v) is 5.61. The summed E-state index contributed by atoms with van der Waals surface area (Å²) < 4.78 is 36.9. The summed E-state index contributed by atoms with van der Waals surface area (Å²) >= 11 is 0. The van der Waals surface area contributed by atoms with Crippen molar-refractivity contribution < 1.29 is 18.3 Å². The Kier molecular flexibility index (Phi) is 3.78. The third-order valence-electron chi connectivity index (χ3n) is 2.76. The molecule has 1 N–H and O–H groups in total. The van der Waals surface area contributed by atoms with E-state index in [4.69, 9.17) is 9.47 Å². The maximum atomic E-state index is 13.4. The molecule has 0 spiro atoms. The van der Waals surface area contributed by atoms with Gasteiger partial charge in [0.05, 0.1) is 7.11 Å². The third kappa shape index (κ3) is 2.66. The molecule has 1 heterocycles.